The molecule has 1 amide bonds. The molecule has 1 aromatic carbocycles. The summed E-state index contributed by atoms with van der Waals surface area (Å²) in [5.74, 6) is -1.12. The fourth-order valence-corrected chi connectivity index (χ4v) is 1.78. The minimum atomic E-state index is -1.12. The van der Waals surface area contributed by atoms with Crippen LogP contribution in [0.1, 0.15) is 31.2 Å². The second-order valence-electron chi connectivity index (χ2n) is 4.64. The first-order valence-electron chi connectivity index (χ1n) is 6.89. The summed E-state index contributed by atoms with van der Waals surface area (Å²) < 4.78 is 16.9. The van der Waals surface area contributed by atoms with E-state index >= 15 is 0 Å². The van der Waals surface area contributed by atoms with Crippen LogP contribution in [0.2, 0.25) is 0 Å². The van der Waals surface area contributed by atoms with E-state index in [4.69, 9.17) is 9.84 Å². The van der Waals surface area contributed by atoms with Gasteiger partial charge >= 0.3 is 12.1 Å². The van der Waals surface area contributed by atoms with E-state index in [1.807, 2.05) is 18.2 Å². The van der Waals surface area contributed by atoms with Crippen molar-refractivity contribution in [2.75, 3.05) is 6.67 Å². The largest absolute Gasteiger partial charge is 0.480 e. The van der Waals surface area contributed by atoms with Crippen molar-refractivity contribution in [3.05, 3.63) is 35.9 Å². The molecule has 0 aromatic heterocycles. The van der Waals surface area contributed by atoms with Gasteiger partial charge in [0.2, 0.25) is 0 Å². The third kappa shape index (κ3) is 7.29. The molecule has 0 spiro atoms. The summed E-state index contributed by atoms with van der Waals surface area (Å²) in [6.07, 6.45) is 1.04. The van der Waals surface area contributed by atoms with Gasteiger partial charge in [0.15, 0.2) is 0 Å². The van der Waals surface area contributed by atoms with E-state index in [2.05, 4.69) is 5.32 Å². The van der Waals surface area contributed by atoms with Crippen molar-refractivity contribution in [1.82, 2.24) is 5.32 Å². The number of rotatable bonds is 9. The van der Waals surface area contributed by atoms with E-state index in [0.29, 0.717) is 19.3 Å². The molecule has 0 saturated heterocycles. The average Bonchev–Trinajstić information content (AvgIpc) is 2.49. The van der Waals surface area contributed by atoms with E-state index < -0.39 is 24.8 Å². The lowest BCUT2D eigenvalue weighted by molar-refractivity contribution is -0.139. The SMILES string of the molecule is O=C(NC(CCCCCF)C(=O)O)OCc1ccccc1. The maximum atomic E-state index is 11.9. The Morgan fingerprint density at radius 3 is 2.52 bits per heavy atom. The Morgan fingerprint density at radius 2 is 1.90 bits per heavy atom. The van der Waals surface area contributed by atoms with Crippen LogP contribution in [0.25, 0.3) is 0 Å². The standard InChI is InChI=1S/C15H20FNO4/c16-10-6-2-5-9-13(14(18)19)17-15(20)21-11-12-7-3-1-4-8-12/h1,3-4,7-8,13H,2,5-6,9-11H2,(H,17,20)(H,18,19). The number of nitrogens with one attached hydrogen (secondary N) is 1. The predicted molar refractivity (Wildman–Crippen MR) is 75.6 cm³/mol. The van der Waals surface area contributed by atoms with E-state index in [9.17, 15) is 14.0 Å². The lowest BCUT2D eigenvalue weighted by Gasteiger charge is -2.14. The maximum Gasteiger partial charge on any atom is 0.408 e. The molecule has 1 unspecified atom stereocenters. The van der Waals surface area contributed by atoms with Gasteiger partial charge < -0.3 is 15.2 Å². The summed E-state index contributed by atoms with van der Waals surface area (Å²) in [5.41, 5.74) is 0.822. The van der Waals surface area contributed by atoms with Gasteiger partial charge in [-0.05, 0) is 18.4 Å². The van der Waals surface area contributed by atoms with E-state index in [0.717, 1.165) is 5.56 Å². The molecule has 5 nitrogen and oxygen atoms in total. The van der Waals surface area contributed by atoms with Crippen molar-refractivity contribution in [1.29, 1.82) is 0 Å². The van der Waals surface area contributed by atoms with Gasteiger partial charge in [-0.2, -0.15) is 0 Å². The molecule has 1 rings (SSSR count). The number of ether oxygens (including phenoxy) is 1. The van der Waals surface area contributed by atoms with Gasteiger partial charge in [0.05, 0.1) is 6.67 Å². The van der Waals surface area contributed by atoms with Crippen molar-refractivity contribution >= 4 is 12.1 Å². The highest BCUT2D eigenvalue weighted by Crippen LogP contribution is 2.06. The predicted octanol–water partition coefficient (Wildman–Crippen LogP) is 2.90. The highest BCUT2D eigenvalue weighted by molar-refractivity contribution is 5.79. The number of halogens is 1. The molecule has 1 atom stereocenters. The molecular weight excluding hydrogens is 277 g/mol. The second-order valence-corrected chi connectivity index (χ2v) is 4.64. The van der Waals surface area contributed by atoms with E-state index in [1.54, 1.807) is 12.1 Å². The number of amides is 1. The summed E-state index contributed by atoms with van der Waals surface area (Å²) in [6, 6.07) is 8.09. The molecule has 0 fully saturated rings. The zero-order chi connectivity index (χ0) is 15.5. The van der Waals surface area contributed by atoms with Gasteiger partial charge in [-0.1, -0.05) is 43.2 Å². The lowest BCUT2D eigenvalue weighted by Crippen LogP contribution is -2.41. The third-order valence-electron chi connectivity index (χ3n) is 2.93. The van der Waals surface area contributed by atoms with Gasteiger partial charge in [0.1, 0.15) is 12.6 Å². The molecular formula is C15H20FNO4. The topological polar surface area (TPSA) is 75.6 Å². The highest BCUT2D eigenvalue weighted by Gasteiger charge is 2.20. The highest BCUT2D eigenvalue weighted by atomic mass is 19.1. The molecule has 0 aliphatic rings. The molecule has 1 aromatic rings. The molecule has 0 heterocycles. The number of alkyl halides is 1. The first-order valence-corrected chi connectivity index (χ1v) is 6.89. The summed E-state index contributed by atoms with van der Waals surface area (Å²) in [4.78, 5) is 22.6. The number of benzene rings is 1. The fourth-order valence-electron chi connectivity index (χ4n) is 1.78. The number of unbranched alkanes of at least 4 members (excludes halogenated alkanes) is 2. The molecule has 2 N–H and O–H groups in total. The van der Waals surface area contributed by atoms with Crippen molar-refractivity contribution in [2.24, 2.45) is 0 Å². The van der Waals surface area contributed by atoms with Gasteiger partial charge in [-0.25, -0.2) is 9.59 Å². The number of aliphatic carboxylic acids is 1. The molecule has 0 bridgehead atoms. The number of carboxylic acids is 1. The normalized spacial score (nSPS) is 11.7. The first-order chi connectivity index (χ1) is 10.1. The van der Waals surface area contributed by atoms with Gasteiger partial charge in [0, 0.05) is 0 Å². The summed E-state index contributed by atoms with van der Waals surface area (Å²) in [5, 5.41) is 11.3. The number of carbonyl (C=O) groups is 2. The Morgan fingerprint density at radius 1 is 1.19 bits per heavy atom. The van der Waals surface area contributed by atoms with Crippen molar-refractivity contribution in [3.63, 3.8) is 0 Å². The van der Waals surface area contributed by atoms with E-state index in [1.165, 1.54) is 0 Å². The monoisotopic (exact) mass is 297 g/mol. The van der Waals surface area contributed by atoms with E-state index in [-0.39, 0.29) is 13.0 Å². The molecule has 0 radical (unpaired) electrons. The van der Waals surface area contributed by atoms with Gasteiger partial charge in [-0.15, -0.1) is 0 Å². The summed E-state index contributed by atoms with van der Waals surface area (Å²) in [6.45, 7) is -0.328. The molecule has 6 heteroatoms. The molecule has 0 aliphatic carbocycles. The van der Waals surface area contributed by atoms with Crippen LogP contribution in [0.15, 0.2) is 30.3 Å². The zero-order valence-electron chi connectivity index (χ0n) is 11.8. The second kappa shape index (κ2) is 9.74. The Balaban J connectivity index is 2.33. The Labute approximate surface area is 123 Å². The van der Waals surface area contributed by atoms with Crippen molar-refractivity contribution in [3.8, 4) is 0 Å². The van der Waals surface area contributed by atoms with Crippen LogP contribution in [0.5, 0.6) is 0 Å². The fraction of sp³-hybridized carbons (Fsp3) is 0.467. The minimum absolute atomic E-state index is 0.0842. The Kier molecular flexibility index (Phi) is 7.86. The Hall–Kier alpha value is -2.11. The average molecular weight is 297 g/mol. The number of carboxylic acid groups (broad SMARTS) is 1. The van der Waals surface area contributed by atoms with Crippen LogP contribution in [0.3, 0.4) is 0 Å². The van der Waals surface area contributed by atoms with Crippen LogP contribution in [-0.4, -0.2) is 29.9 Å². The quantitative estimate of drug-likeness (QED) is 0.687. The van der Waals surface area contributed by atoms with Crippen molar-refractivity contribution < 1.29 is 23.8 Å². The molecule has 0 aliphatic heterocycles. The number of hydrogen-bond donors (Lipinski definition) is 2. The van der Waals surface area contributed by atoms with Gasteiger partial charge in [0.25, 0.3) is 0 Å². The van der Waals surface area contributed by atoms with Crippen LogP contribution in [0, 0.1) is 0 Å². The smallest absolute Gasteiger partial charge is 0.408 e. The summed E-state index contributed by atoms with van der Waals surface area (Å²) >= 11 is 0. The number of hydrogen-bond acceptors (Lipinski definition) is 3. The Bertz CT molecular complexity index is 439. The lowest BCUT2D eigenvalue weighted by atomic mass is 10.1. The number of carbonyl (C=O) groups excluding carboxylic acids is 1. The van der Waals surface area contributed by atoms with Crippen LogP contribution >= 0.6 is 0 Å². The first kappa shape index (κ1) is 16.9. The van der Waals surface area contributed by atoms with Gasteiger partial charge in [-0.3, -0.25) is 4.39 Å². The molecule has 0 saturated carbocycles. The zero-order valence-corrected chi connectivity index (χ0v) is 11.8. The summed E-state index contributed by atoms with van der Waals surface area (Å²) in [7, 11) is 0. The van der Waals surface area contributed by atoms with Crippen LogP contribution < -0.4 is 5.32 Å². The minimum Gasteiger partial charge on any atom is -0.480 e. The molecule has 21 heavy (non-hydrogen) atoms. The van der Waals surface area contributed by atoms with Crippen LogP contribution in [0.4, 0.5) is 9.18 Å². The maximum absolute atomic E-state index is 11.9. The number of alkyl carbamates (subject to hydrolysis) is 1. The molecule has 116 valence electrons. The van der Waals surface area contributed by atoms with Crippen molar-refractivity contribution in [2.45, 2.75) is 38.3 Å². The van der Waals surface area contributed by atoms with Crippen LogP contribution in [-0.2, 0) is 16.1 Å². The third-order valence-corrected chi connectivity index (χ3v) is 2.93.